The molecule has 0 radical (unpaired) electrons. The zero-order valence-corrected chi connectivity index (χ0v) is 13.4. The second-order valence-electron chi connectivity index (χ2n) is 6.15. The Morgan fingerprint density at radius 1 is 1.17 bits per heavy atom. The van der Waals surface area contributed by atoms with E-state index in [1.54, 1.807) is 18.2 Å². The predicted molar refractivity (Wildman–Crippen MR) is 91.9 cm³/mol. The number of hydrogen-bond acceptors (Lipinski definition) is 3. The van der Waals surface area contributed by atoms with E-state index in [0.717, 1.165) is 19.3 Å². The summed E-state index contributed by atoms with van der Waals surface area (Å²) >= 11 is 0. The molecule has 0 fully saturated rings. The molecule has 0 aromatic heterocycles. The van der Waals surface area contributed by atoms with Crippen molar-refractivity contribution in [2.75, 3.05) is 6.54 Å². The van der Waals surface area contributed by atoms with Gasteiger partial charge in [-0.3, -0.25) is 14.9 Å². The molecule has 0 saturated carbocycles. The minimum Gasteiger partial charge on any atom is -0.355 e. The normalized spacial score (nSPS) is 16.2. The fourth-order valence-corrected chi connectivity index (χ4v) is 3.38. The van der Waals surface area contributed by atoms with Crippen molar-refractivity contribution in [3.8, 4) is 0 Å². The van der Waals surface area contributed by atoms with E-state index < -0.39 is 4.92 Å². The van der Waals surface area contributed by atoms with Gasteiger partial charge in [-0.15, -0.1) is 0 Å². The maximum atomic E-state index is 12.2. The van der Waals surface area contributed by atoms with Crippen LogP contribution in [0.2, 0.25) is 0 Å². The number of fused-ring (bicyclic) bond motifs is 1. The van der Waals surface area contributed by atoms with Crippen molar-refractivity contribution in [3.63, 3.8) is 0 Å². The molecule has 5 heteroatoms. The molecule has 0 spiro atoms. The highest BCUT2D eigenvalue weighted by atomic mass is 16.6. The van der Waals surface area contributed by atoms with Gasteiger partial charge < -0.3 is 5.32 Å². The van der Waals surface area contributed by atoms with E-state index >= 15 is 0 Å². The molecule has 124 valence electrons. The van der Waals surface area contributed by atoms with Gasteiger partial charge in [0.15, 0.2) is 0 Å². The minimum absolute atomic E-state index is 0.00402. The Morgan fingerprint density at radius 3 is 2.75 bits per heavy atom. The molecule has 24 heavy (non-hydrogen) atoms. The fourth-order valence-electron chi connectivity index (χ4n) is 3.38. The van der Waals surface area contributed by atoms with Gasteiger partial charge in [-0.2, -0.15) is 0 Å². The number of benzene rings is 2. The Balaban J connectivity index is 1.62. The number of nitrogens with zero attached hydrogens (tertiary/aromatic N) is 1. The van der Waals surface area contributed by atoms with Crippen LogP contribution < -0.4 is 5.32 Å². The number of hydrogen-bond donors (Lipinski definition) is 1. The van der Waals surface area contributed by atoms with E-state index in [9.17, 15) is 14.9 Å². The number of aryl methyl sites for hydroxylation is 1. The minimum atomic E-state index is -0.444. The first-order chi connectivity index (χ1) is 11.6. The van der Waals surface area contributed by atoms with Gasteiger partial charge in [0.05, 0.1) is 11.3 Å². The van der Waals surface area contributed by atoms with Crippen LogP contribution in [0.3, 0.4) is 0 Å². The first-order valence-electron chi connectivity index (χ1n) is 8.22. The highest BCUT2D eigenvalue weighted by molar-refractivity contribution is 5.79. The molecule has 3 rings (SSSR count). The molecule has 0 bridgehead atoms. The number of para-hydroxylation sites is 1. The first kappa shape index (κ1) is 16.2. The zero-order chi connectivity index (χ0) is 16.9. The predicted octanol–water partition coefficient (Wildman–Crippen LogP) is 3.37. The summed E-state index contributed by atoms with van der Waals surface area (Å²) in [6.07, 6.45) is 3.31. The van der Waals surface area contributed by atoms with Crippen molar-refractivity contribution in [2.24, 2.45) is 0 Å². The molecule has 1 N–H and O–H groups in total. The smallest absolute Gasteiger partial charge is 0.273 e. The zero-order valence-electron chi connectivity index (χ0n) is 13.4. The van der Waals surface area contributed by atoms with E-state index in [1.165, 1.54) is 17.2 Å². The van der Waals surface area contributed by atoms with Crippen LogP contribution in [0.1, 0.15) is 35.4 Å². The summed E-state index contributed by atoms with van der Waals surface area (Å²) in [7, 11) is 0. The van der Waals surface area contributed by atoms with Crippen molar-refractivity contribution in [2.45, 2.75) is 31.6 Å². The molecule has 2 aromatic rings. The second-order valence-corrected chi connectivity index (χ2v) is 6.15. The Bertz CT molecular complexity index is 758. The molecule has 5 nitrogen and oxygen atoms in total. The number of amides is 1. The highest BCUT2D eigenvalue weighted by Crippen LogP contribution is 2.30. The lowest BCUT2D eigenvalue weighted by atomic mass is 9.83. The summed E-state index contributed by atoms with van der Waals surface area (Å²) in [5, 5.41) is 14.0. The summed E-state index contributed by atoms with van der Waals surface area (Å²) in [6, 6.07) is 14.8. The van der Waals surface area contributed by atoms with Gasteiger partial charge in [0, 0.05) is 24.1 Å². The topological polar surface area (TPSA) is 72.2 Å². The van der Waals surface area contributed by atoms with E-state index in [1.807, 2.05) is 12.1 Å². The maximum absolute atomic E-state index is 12.2. The summed E-state index contributed by atoms with van der Waals surface area (Å²) in [5.41, 5.74) is 3.12. The Kier molecular flexibility index (Phi) is 4.89. The van der Waals surface area contributed by atoms with Crippen LogP contribution in [0.15, 0.2) is 48.5 Å². The Labute approximate surface area is 140 Å². The van der Waals surface area contributed by atoms with Crippen LogP contribution in [-0.4, -0.2) is 17.4 Å². The molecule has 1 unspecified atom stereocenters. The van der Waals surface area contributed by atoms with Crippen LogP contribution in [-0.2, 0) is 17.6 Å². The van der Waals surface area contributed by atoms with Crippen molar-refractivity contribution < 1.29 is 9.72 Å². The molecule has 0 aliphatic heterocycles. The SMILES string of the molecule is O=C(Cc1ccccc1[N+](=O)[O-])NCC1CCCc2ccccc21. The molecule has 1 amide bonds. The molecule has 0 saturated heterocycles. The van der Waals surface area contributed by atoms with E-state index in [-0.39, 0.29) is 18.0 Å². The maximum Gasteiger partial charge on any atom is 0.273 e. The molecule has 1 atom stereocenters. The van der Waals surface area contributed by atoms with Crippen molar-refractivity contribution in [1.82, 2.24) is 5.32 Å². The number of nitrogens with one attached hydrogen (secondary N) is 1. The Hall–Kier alpha value is -2.69. The summed E-state index contributed by atoms with van der Waals surface area (Å²) in [4.78, 5) is 22.8. The lowest BCUT2D eigenvalue weighted by Gasteiger charge is -2.25. The molecule has 1 aliphatic rings. The quantitative estimate of drug-likeness (QED) is 0.677. The number of carbonyl (C=O) groups excluding carboxylic acids is 1. The third-order valence-electron chi connectivity index (χ3n) is 4.58. The lowest BCUT2D eigenvalue weighted by molar-refractivity contribution is -0.385. The second kappa shape index (κ2) is 7.25. The van der Waals surface area contributed by atoms with Gasteiger partial charge in [-0.1, -0.05) is 42.5 Å². The standard InChI is InChI=1S/C19H20N2O3/c22-19(12-15-7-2-4-11-18(15)21(23)24)20-13-16-9-5-8-14-6-1-3-10-17(14)16/h1-4,6-7,10-11,16H,5,8-9,12-13H2,(H,20,22). The Morgan fingerprint density at radius 2 is 1.92 bits per heavy atom. The number of nitro benzene ring substituents is 1. The third-order valence-corrected chi connectivity index (χ3v) is 4.58. The van der Waals surface area contributed by atoms with E-state index in [2.05, 4.69) is 17.4 Å². The van der Waals surface area contributed by atoms with Crippen LogP contribution in [0, 0.1) is 10.1 Å². The lowest BCUT2D eigenvalue weighted by Crippen LogP contribution is -2.31. The van der Waals surface area contributed by atoms with Gasteiger partial charge >= 0.3 is 0 Å². The first-order valence-corrected chi connectivity index (χ1v) is 8.22. The third kappa shape index (κ3) is 3.62. The molecule has 0 heterocycles. The summed E-state index contributed by atoms with van der Waals surface area (Å²) in [5.74, 6) is 0.150. The molecular weight excluding hydrogens is 304 g/mol. The van der Waals surface area contributed by atoms with Crippen LogP contribution in [0.5, 0.6) is 0 Å². The van der Waals surface area contributed by atoms with Crippen molar-refractivity contribution in [1.29, 1.82) is 0 Å². The van der Waals surface area contributed by atoms with Gasteiger partial charge in [-0.25, -0.2) is 0 Å². The van der Waals surface area contributed by atoms with Gasteiger partial charge in [0.1, 0.15) is 0 Å². The average Bonchev–Trinajstić information content (AvgIpc) is 2.60. The van der Waals surface area contributed by atoms with Crippen LogP contribution >= 0.6 is 0 Å². The average molecular weight is 324 g/mol. The van der Waals surface area contributed by atoms with Crippen LogP contribution in [0.25, 0.3) is 0 Å². The van der Waals surface area contributed by atoms with Gasteiger partial charge in [0.25, 0.3) is 5.69 Å². The largest absolute Gasteiger partial charge is 0.355 e. The van der Waals surface area contributed by atoms with E-state index in [0.29, 0.717) is 18.0 Å². The van der Waals surface area contributed by atoms with Crippen molar-refractivity contribution >= 4 is 11.6 Å². The summed E-state index contributed by atoms with van der Waals surface area (Å²) < 4.78 is 0. The fraction of sp³-hybridized carbons (Fsp3) is 0.316. The molecule has 1 aliphatic carbocycles. The van der Waals surface area contributed by atoms with Gasteiger partial charge in [-0.05, 0) is 30.4 Å². The highest BCUT2D eigenvalue weighted by Gasteiger charge is 2.21. The van der Waals surface area contributed by atoms with E-state index in [4.69, 9.17) is 0 Å². The van der Waals surface area contributed by atoms with Crippen LogP contribution in [0.4, 0.5) is 5.69 Å². The van der Waals surface area contributed by atoms with Crippen molar-refractivity contribution in [3.05, 3.63) is 75.3 Å². The molecular formula is C19H20N2O3. The van der Waals surface area contributed by atoms with Gasteiger partial charge in [0.2, 0.25) is 5.91 Å². The summed E-state index contributed by atoms with van der Waals surface area (Å²) in [6.45, 7) is 0.580. The number of rotatable bonds is 5. The number of nitro groups is 1. The molecule has 2 aromatic carbocycles. The monoisotopic (exact) mass is 324 g/mol. The number of carbonyl (C=O) groups is 1.